The zero-order valence-corrected chi connectivity index (χ0v) is 17.1. The molecule has 0 fully saturated rings. The van der Waals surface area contributed by atoms with E-state index < -0.39 is 5.91 Å². The van der Waals surface area contributed by atoms with Crippen LogP contribution in [0.15, 0.2) is 72.5 Å². The summed E-state index contributed by atoms with van der Waals surface area (Å²) in [5.41, 5.74) is 2.43. The molecule has 30 heavy (non-hydrogen) atoms. The van der Waals surface area contributed by atoms with Crippen molar-refractivity contribution >= 4 is 46.8 Å². The SMILES string of the molecule is O=C1Nc2cc(C(=O)NCc3ccc(Cl)cc3)ccc2O/C1=C\c1ccccc1Cl. The Balaban J connectivity index is 1.49. The molecule has 0 radical (unpaired) electrons. The number of halogens is 2. The molecule has 0 spiro atoms. The van der Waals surface area contributed by atoms with Crippen molar-refractivity contribution in [2.45, 2.75) is 6.54 Å². The fraction of sp³-hybridized carbons (Fsp3) is 0.0435. The number of amides is 2. The molecular weight excluding hydrogens is 423 g/mol. The second-order valence-electron chi connectivity index (χ2n) is 6.61. The largest absolute Gasteiger partial charge is 0.449 e. The lowest BCUT2D eigenvalue weighted by Crippen LogP contribution is -2.25. The lowest BCUT2D eigenvalue weighted by molar-refractivity contribution is -0.115. The van der Waals surface area contributed by atoms with Crippen LogP contribution in [0.2, 0.25) is 10.0 Å². The fourth-order valence-corrected chi connectivity index (χ4v) is 3.24. The lowest BCUT2D eigenvalue weighted by atomic mass is 10.1. The summed E-state index contributed by atoms with van der Waals surface area (Å²) in [6.45, 7) is 0.362. The maximum atomic E-state index is 12.5. The van der Waals surface area contributed by atoms with Gasteiger partial charge in [-0.3, -0.25) is 9.59 Å². The summed E-state index contributed by atoms with van der Waals surface area (Å²) < 4.78 is 5.72. The van der Waals surface area contributed by atoms with Crippen molar-refractivity contribution in [1.82, 2.24) is 5.32 Å². The molecule has 2 N–H and O–H groups in total. The lowest BCUT2D eigenvalue weighted by Gasteiger charge is -2.20. The van der Waals surface area contributed by atoms with Crippen LogP contribution >= 0.6 is 23.2 Å². The molecule has 3 aromatic carbocycles. The van der Waals surface area contributed by atoms with Crippen LogP contribution in [0.25, 0.3) is 6.08 Å². The number of ether oxygens (including phenoxy) is 1. The molecule has 0 saturated carbocycles. The Labute approximate surface area is 183 Å². The van der Waals surface area contributed by atoms with Crippen LogP contribution in [0, 0.1) is 0 Å². The van der Waals surface area contributed by atoms with E-state index in [0.717, 1.165) is 5.56 Å². The molecule has 1 aliphatic rings. The highest BCUT2D eigenvalue weighted by Gasteiger charge is 2.23. The number of carbonyl (C=O) groups is 2. The van der Waals surface area contributed by atoms with E-state index in [-0.39, 0.29) is 11.7 Å². The summed E-state index contributed by atoms with van der Waals surface area (Å²) in [5, 5.41) is 6.75. The molecule has 7 heteroatoms. The molecule has 4 rings (SSSR count). The third-order valence-electron chi connectivity index (χ3n) is 4.49. The number of fused-ring (bicyclic) bond motifs is 1. The predicted molar refractivity (Wildman–Crippen MR) is 118 cm³/mol. The van der Waals surface area contributed by atoms with E-state index in [0.29, 0.717) is 39.2 Å². The van der Waals surface area contributed by atoms with Crippen LogP contribution in [0.1, 0.15) is 21.5 Å². The quantitative estimate of drug-likeness (QED) is 0.543. The van der Waals surface area contributed by atoms with E-state index in [1.807, 2.05) is 18.2 Å². The van der Waals surface area contributed by atoms with Gasteiger partial charge in [-0.15, -0.1) is 0 Å². The second-order valence-corrected chi connectivity index (χ2v) is 7.45. The molecule has 150 valence electrons. The van der Waals surface area contributed by atoms with Gasteiger partial charge in [0.2, 0.25) is 0 Å². The summed E-state index contributed by atoms with van der Waals surface area (Å²) in [5.74, 6) is -0.113. The van der Waals surface area contributed by atoms with Crippen molar-refractivity contribution in [3.8, 4) is 5.75 Å². The summed E-state index contributed by atoms with van der Waals surface area (Å²) >= 11 is 12.0. The van der Waals surface area contributed by atoms with Gasteiger partial charge in [0.05, 0.1) is 5.69 Å². The topological polar surface area (TPSA) is 67.4 Å². The van der Waals surface area contributed by atoms with Crippen LogP contribution < -0.4 is 15.4 Å². The van der Waals surface area contributed by atoms with Crippen molar-refractivity contribution in [1.29, 1.82) is 0 Å². The van der Waals surface area contributed by atoms with Gasteiger partial charge in [-0.05, 0) is 53.6 Å². The first-order chi connectivity index (χ1) is 14.5. The van der Waals surface area contributed by atoms with Crippen molar-refractivity contribution in [3.05, 3.63) is 99.2 Å². The normalized spacial score (nSPS) is 13.9. The van der Waals surface area contributed by atoms with Gasteiger partial charge in [0.1, 0.15) is 0 Å². The van der Waals surface area contributed by atoms with E-state index in [9.17, 15) is 9.59 Å². The summed E-state index contributed by atoms with van der Waals surface area (Å²) in [6.07, 6.45) is 1.58. The number of hydrogen-bond acceptors (Lipinski definition) is 3. The third-order valence-corrected chi connectivity index (χ3v) is 5.09. The van der Waals surface area contributed by atoms with Crippen molar-refractivity contribution in [2.24, 2.45) is 0 Å². The maximum absolute atomic E-state index is 12.5. The molecule has 0 saturated heterocycles. The maximum Gasteiger partial charge on any atom is 0.291 e. The van der Waals surface area contributed by atoms with Gasteiger partial charge in [-0.2, -0.15) is 0 Å². The Hall–Kier alpha value is -3.28. The molecule has 5 nitrogen and oxygen atoms in total. The van der Waals surface area contributed by atoms with E-state index >= 15 is 0 Å². The Morgan fingerprint density at radius 3 is 2.57 bits per heavy atom. The minimum absolute atomic E-state index is 0.121. The van der Waals surface area contributed by atoms with Gasteiger partial charge < -0.3 is 15.4 Å². The predicted octanol–water partition coefficient (Wildman–Crippen LogP) is 5.30. The Morgan fingerprint density at radius 1 is 1.03 bits per heavy atom. The molecule has 0 atom stereocenters. The Morgan fingerprint density at radius 2 is 1.80 bits per heavy atom. The van der Waals surface area contributed by atoms with Gasteiger partial charge >= 0.3 is 0 Å². The molecule has 0 aromatic heterocycles. The van der Waals surface area contributed by atoms with E-state index in [4.69, 9.17) is 27.9 Å². The zero-order valence-electron chi connectivity index (χ0n) is 15.6. The van der Waals surface area contributed by atoms with Crippen LogP contribution in [0.4, 0.5) is 5.69 Å². The van der Waals surface area contributed by atoms with Gasteiger partial charge in [0.25, 0.3) is 11.8 Å². The zero-order chi connectivity index (χ0) is 21.1. The van der Waals surface area contributed by atoms with Gasteiger partial charge in [0, 0.05) is 22.2 Å². The third kappa shape index (κ3) is 4.48. The highest BCUT2D eigenvalue weighted by Crippen LogP contribution is 2.33. The number of nitrogens with one attached hydrogen (secondary N) is 2. The smallest absolute Gasteiger partial charge is 0.291 e. The van der Waals surface area contributed by atoms with E-state index in [1.54, 1.807) is 54.6 Å². The number of hydrogen-bond donors (Lipinski definition) is 2. The molecule has 3 aromatic rings. The van der Waals surface area contributed by atoms with Gasteiger partial charge in [-0.1, -0.05) is 53.5 Å². The first kappa shape index (κ1) is 20.0. The van der Waals surface area contributed by atoms with Crippen LogP contribution in [-0.4, -0.2) is 11.8 Å². The average molecular weight is 439 g/mol. The minimum atomic E-state index is -0.416. The van der Waals surface area contributed by atoms with Gasteiger partial charge in [-0.25, -0.2) is 0 Å². The number of carbonyl (C=O) groups excluding carboxylic acids is 2. The summed E-state index contributed by atoms with van der Waals surface area (Å²) in [6, 6.07) is 19.2. The first-order valence-corrected chi connectivity index (χ1v) is 9.87. The van der Waals surface area contributed by atoms with E-state index in [1.165, 1.54) is 0 Å². The molecule has 0 bridgehead atoms. The summed E-state index contributed by atoms with van der Waals surface area (Å²) in [4.78, 5) is 24.9. The second kappa shape index (κ2) is 8.61. The highest BCUT2D eigenvalue weighted by atomic mass is 35.5. The molecule has 0 aliphatic carbocycles. The van der Waals surface area contributed by atoms with Crippen LogP contribution in [-0.2, 0) is 11.3 Å². The van der Waals surface area contributed by atoms with Crippen molar-refractivity contribution in [2.75, 3.05) is 5.32 Å². The Bertz CT molecular complexity index is 1160. The minimum Gasteiger partial charge on any atom is -0.449 e. The Kier molecular flexibility index (Phi) is 5.74. The molecule has 1 heterocycles. The van der Waals surface area contributed by atoms with Crippen LogP contribution in [0.5, 0.6) is 5.75 Å². The average Bonchev–Trinajstić information content (AvgIpc) is 2.75. The molecule has 2 amide bonds. The van der Waals surface area contributed by atoms with E-state index in [2.05, 4.69) is 10.6 Å². The van der Waals surface area contributed by atoms with Gasteiger partial charge in [0.15, 0.2) is 11.5 Å². The monoisotopic (exact) mass is 438 g/mol. The standard InChI is InChI=1S/C23H16Cl2N2O3/c24-17-8-5-14(6-9-17)13-26-22(28)16-7-10-20-19(11-16)27-23(29)21(30-20)12-15-3-1-2-4-18(15)25/h1-12H,13H2,(H,26,28)(H,27,29)/b21-12-. The molecular formula is C23H16Cl2N2O3. The number of anilines is 1. The first-order valence-electron chi connectivity index (χ1n) is 9.12. The molecule has 0 unspecified atom stereocenters. The van der Waals surface area contributed by atoms with Crippen LogP contribution in [0.3, 0.4) is 0 Å². The molecule has 1 aliphatic heterocycles. The fourth-order valence-electron chi connectivity index (χ4n) is 2.92. The van der Waals surface area contributed by atoms with Crippen molar-refractivity contribution < 1.29 is 14.3 Å². The number of rotatable bonds is 4. The van der Waals surface area contributed by atoms with Crippen molar-refractivity contribution in [3.63, 3.8) is 0 Å². The summed E-state index contributed by atoms with van der Waals surface area (Å²) in [7, 11) is 0. The highest BCUT2D eigenvalue weighted by molar-refractivity contribution is 6.32. The number of benzene rings is 3.